The molecule has 9 heteroatoms. The molecule has 1 aliphatic rings. The number of sulfonamides is 1. The van der Waals surface area contributed by atoms with E-state index in [2.05, 4.69) is 10.1 Å². The molecule has 0 unspecified atom stereocenters. The van der Waals surface area contributed by atoms with Crippen LogP contribution >= 0.6 is 0 Å². The monoisotopic (exact) mass is 406 g/mol. The minimum atomic E-state index is -3.53. The summed E-state index contributed by atoms with van der Waals surface area (Å²) in [6, 6.07) is 5.18. The van der Waals surface area contributed by atoms with Gasteiger partial charge in [-0.1, -0.05) is 11.2 Å². The van der Waals surface area contributed by atoms with Crippen LogP contribution < -0.4 is 0 Å². The maximum atomic E-state index is 12.9. The molecule has 1 amide bonds. The van der Waals surface area contributed by atoms with Crippen molar-refractivity contribution in [2.24, 2.45) is 0 Å². The van der Waals surface area contributed by atoms with Crippen molar-refractivity contribution in [3.63, 3.8) is 0 Å². The Kier molecular flexibility index (Phi) is 6.14. The molecule has 0 N–H and O–H groups in total. The van der Waals surface area contributed by atoms with Crippen LogP contribution in [0.4, 0.5) is 0 Å². The first-order valence-corrected chi connectivity index (χ1v) is 10.9. The third kappa shape index (κ3) is 4.59. The predicted octanol–water partition coefficient (Wildman–Crippen LogP) is 1.85. The highest BCUT2D eigenvalue weighted by atomic mass is 32.2. The number of hydrogen-bond donors (Lipinski definition) is 0. The van der Waals surface area contributed by atoms with Crippen molar-refractivity contribution >= 4 is 15.9 Å². The van der Waals surface area contributed by atoms with Crippen molar-refractivity contribution in [2.75, 3.05) is 26.2 Å². The van der Waals surface area contributed by atoms with Crippen LogP contribution in [0.2, 0.25) is 0 Å². The van der Waals surface area contributed by atoms with Crippen molar-refractivity contribution in [3.8, 4) is 0 Å². The van der Waals surface area contributed by atoms with E-state index in [0.29, 0.717) is 62.1 Å². The number of aryl methyl sites for hydroxylation is 4. The first-order valence-electron chi connectivity index (χ1n) is 9.42. The number of nitrogens with zero attached hydrogens (tertiary/aromatic N) is 4. The summed E-state index contributed by atoms with van der Waals surface area (Å²) in [5, 5.41) is 3.73. The van der Waals surface area contributed by atoms with E-state index < -0.39 is 10.0 Å². The molecule has 152 valence electrons. The molecular weight excluding hydrogens is 380 g/mol. The summed E-state index contributed by atoms with van der Waals surface area (Å²) in [4.78, 5) is 18.6. The number of hydrogen-bond acceptors (Lipinski definition) is 6. The highest BCUT2D eigenvalue weighted by molar-refractivity contribution is 7.89. The SMILES string of the molecule is Cc1noc(CCCC(=O)N2CCN(S(=O)(=O)c3ccc(C)c(C)c3)CC2)n1. The van der Waals surface area contributed by atoms with Gasteiger partial charge in [0, 0.05) is 39.0 Å². The first-order chi connectivity index (χ1) is 13.3. The van der Waals surface area contributed by atoms with E-state index in [1.54, 1.807) is 24.0 Å². The van der Waals surface area contributed by atoms with Gasteiger partial charge < -0.3 is 9.42 Å². The summed E-state index contributed by atoms with van der Waals surface area (Å²) in [6.45, 7) is 7.04. The van der Waals surface area contributed by atoms with E-state index >= 15 is 0 Å². The zero-order valence-electron chi connectivity index (χ0n) is 16.5. The second kappa shape index (κ2) is 8.40. The summed E-state index contributed by atoms with van der Waals surface area (Å²) in [6.07, 6.45) is 1.57. The van der Waals surface area contributed by atoms with Gasteiger partial charge in [0.1, 0.15) is 0 Å². The molecule has 8 nitrogen and oxygen atoms in total. The molecule has 0 saturated carbocycles. The van der Waals surface area contributed by atoms with Crippen molar-refractivity contribution in [3.05, 3.63) is 41.0 Å². The Morgan fingerprint density at radius 3 is 2.43 bits per heavy atom. The maximum Gasteiger partial charge on any atom is 0.243 e. The fourth-order valence-corrected chi connectivity index (χ4v) is 4.70. The number of amides is 1. The Labute approximate surface area is 165 Å². The van der Waals surface area contributed by atoms with Gasteiger partial charge in [-0.15, -0.1) is 0 Å². The number of aromatic nitrogens is 2. The van der Waals surface area contributed by atoms with E-state index in [1.807, 2.05) is 19.9 Å². The minimum Gasteiger partial charge on any atom is -0.340 e. The zero-order valence-corrected chi connectivity index (χ0v) is 17.3. The molecular formula is C19H26N4O4S. The van der Waals surface area contributed by atoms with Crippen molar-refractivity contribution < 1.29 is 17.7 Å². The van der Waals surface area contributed by atoms with Crippen LogP contribution in [-0.2, 0) is 21.2 Å². The number of piperazine rings is 1. The maximum absolute atomic E-state index is 12.9. The Bertz CT molecular complexity index is 947. The summed E-state index contributed by atoms with van der Waals surface area (Å²) >= 11 is 0. The molecule has 2 aromatic rings. The van der Waals surface area contributed by atoms with Crippen molar-refractivity contribution in [1.82, 2.24) is 19.3 Å². The molecule has 0 bridgehead atoms. The van der Waals surface area contributed by atoms with Gasteiger partial charge in [0.05, 0.1) is 4.90 Å². The van der Waals surface area contributed by atoms with Crippen LogP contribution in [-0.4, -0.2) is 59.8 Å². The Morgan fingerprint density at radius 1 is 1.11 bits per heavy atom. The van der Waals surface area contributed by atoms with Gasteiger partial charge in [-0.25, -0.2) is 8.42 Å². The number of rotatable bonds is 6. The highest BCUT2D eigenvalue weighted by Gasteiger charge is 2.30. The standard InChI is InChI=1S/C19H26N4O4S/c1-14-7-8-17(13-15(14)2)28(25,26)23-11-9-22(10-12-23)19(24)6-4-5-18-20-16(3)21-27-18/h7-8,13H,4-6,9-12H2,1-3H3. The topological polar surface area (TPSA) is 96.6 Å². The molecule has 3 rings (SSSR count). The molecule has 0 spiro atoms. The van der Waals surface area contributed by atoms with Gasteiger partial charge in [0.15, 0.2) is 5.82 Å². The van der Waals surface area contributed by atoms with Crippen LogP contribution in [0.3, 0.4) is 0 Å². The molecule has 1 aromatic heterocycles. The van der Waals surface area contributed by atoms with Crippen LogP contribution in [0.15, 0.2) is 27.6 Å². The smallest absolute Gasteiger partial charge is 0.243 e. The molecule has 2 heterocycles. The second-order valence-electron chi connectivity index (χ2n) is 7.12. The van der Waals surface area contributed by atoms with Gasteiger partial charge in [-0.3, -0.25) is 4.79 Å². The summed E-state index contributed by atoms with van der Waals surface area (Å²) < 4.78 is 32.2. The quantitative estimate of drug-likeness (QED) is 0.726. The fraction of sp³-hybridized carbons (Fsp3) is 0.526. The molecule has 1 aromatic carbocycles. The second-order valence-corrected chi connectivity index (χ2v) is 9.06. The van der Waals surface area contributed by atoms with Crippen LogP contribution in [0, 0.1) is 20.8 Å². The largest absolute Gasteiger partial charge is 0.340 e. The molecule has 0 aliphatic carbocycles. The van der Waals surface area contributed by atoms with E-state index in [-0.39, 0.29) is 5.91 Å². The van der Waals surface area contributed by atoms with Gasteiger partial charge >= 0.3 is 0 Å². The minimum absolute atomic E-state index is 0.0273. The first kappa shape index (κ1) is 20.5. The van der Waals surface area contributed by atoms with Crippen LogP contribution in [0.1, 0.15) is 35.7 Å². The molecule has 0 radical (unpaired) electrons. The Hall–Kier alpha value is -2.26. The highest BCUT2D eigenvalue weighted by Crippen LogP contribution is 2.20. The normalized spacial score (nSPS) is 15.8. The van der Waals surface area contributed by atoms with E-state index in [9.17, 15) is 13.2 Å². The zero-order chi connectivity index (χ0) is 20.3. The molecule has 1 aliphatic heterocycles. The van der Waals surface area contributed by atoms with Gasteiger partial charge in [-0.05, 0) is 50.5 Å². The molecule has 1 saturated heterocycles. The summed E-state index contributed by atoms with van der Waals surface area (Å²) in [5.74, 6) is 1.15. The lowest BCUT2D eigenvalue weighted by Crippen LogP contribution is -2.50. The molecule has 1 fully saturated rings. The van der Waals surface area contributed by atoms with Crippen molar-refractivity contribution in [2.45, 2.75) is 44.9 Å². The third-order valence-corrected chi connectivity index (χ3v) is 6.95. The summed E-state index contributed by atoms with van der Waals surface area (Å²) in [7, 11) is -3.53. The third-order valence-electron chi connectivity index (χ3n) is 5.06. The lowest BCUT2D eigenvalue weighted by Gasteiger charge is -2.34. The van der Waals surface area contributed by atoms with E-state index in [0.717, 1.165) is 11.1 Å². The van der Waals surface area contributed by atoms with Crippen LogP contribution in [0.25, 0.3) is 0 Å². The van der Waals surface area contributed by atoms with Gasteiger partial charge in [0.25, 0.3) is 0 Å². The summed E-state index contributed by atoms with van der Waals surface area (Å²) in [5.41, 5.74) is 2.01. The van der Waals surface area contributed by atoms with E-state index in [4.69, 9.17) is 4.52 Å². The lowest BCUT2D eigenvalue weighted by atomic mass is 10.1. The number of carbonyl (C=O) groups is 1. The number of carbonyl (C=O) groups excluding carboxylic acids is 1. The number of benzene rings is 1. The van der Waals surface area contributed by atoms with Gasteiger partial charge in [0.2, 0.25) is 21.8 Å². The molecule has 0 atom stereocenters. The van der Waals surface area contributed by atoms with Crippen LogP contribution in [0.5, 0.6) is 0 Å². The molecule has 28 heavy (non-hydrogen) atoms. The average molecular weight is 407 g/mol. The Morgan fingerprint density at radius 2 is 1.82 bits per heavy atom. The predicted molar refractivity (Wildman–Crippen MR) is 103 cm³/mol. The average Bonchev–Trinajstić information content (AvgIpc) is 3.09. The van der Waals surface area contributed by atoms with Gasteiger partial charge in [-0.2, -0.15) is 9.29 Å². The van der Waals surface area contributed by atoms with Crippen molar-refractivity contribution in [1.29, 1.82) is 0 Å². The lowest BCUT2D eigenvalue weighted by molar-refractivity contribution is -0.132. The Balaban J connectivity index is 1.51. The van der Waals surface area contributed by atoms with E-state index in [1.165, 1.54) is 4.31 Å². The fourth-order valence-electron chi connectivity index (χ4n) is 3.19.